The number of fused-ring (bicyclic) bond motifs is 2. The van der Waals surface area contributed by atoms with Crippen LogP contribution >= 0.6 is 23.2 Å². The molecule has 0 spiro atoms. The smallest absolute Gasteiger partial charge is 0.0955 e. The molecule has 0 amide bonds. The first-order valence-electron chi connectivity index (χ1n) is 8.63. The quantitative estimate of drug-likeness (QED) is 0.670. The van der Waals surface area contributed by atoms with Crippen LogP contribution in [0.15, 0.2) is 36.4 Å². The number of hydrogen-bond donors (Lipinski definition) is 1. The van der Waals surface area contributed by atoms with Crippen molar-refractivity contribution in [3.63, 3.8) is 0 Å². The first kappa shape index (κ1) is 21.2. The number of halogens is 2. The van der Waals surface area contributed by atoms with Crippen LogP contribution in [0, 0.1) is 0 Å². The summed E-state index contributed by atoms with van der Waals surface area (Å²) in [5, 5.41) is 1.62. The molecule has 2 aromatic rings. The Balaban J connectivity index is 0.000000180. The normalized spacial score (nSPS) is 19.8. The van der Waals surface area contributed by atoms with Crippen molar-refractivity contribution in [1.82, 2.24) is 0 Å². The molecule has 0 saturated heterocycles. The fourth-order valence-electron chi connectivity index (χ4n) is 3.30. The monoisotopic (exact) mass is 395 g/mol. The van der Waals surface area contributed by atoms with E-state index in [1.54, 1.807) is 0 Å². The van der Waals surface area contributed by atoms with Gasteiger partial charge in [0.2, 0.25) is 0 Å². The van der Waals surface area contributed by atoms with Gasteiger partial charge in [-0.3, -0.25) is 0 Å². The number of ether oxygens (including phenoxy) is 2. The number of benzene rings is 2. The second-order valence-electron chi connectivity index (χ2n) is 6.24. The fourth-order valence-corrected chi connectivity index (χ4v) is 3.77. The predicted molar refractivity (Wildman–Crippen MR) is 109 cm³/mol. The number of hydrogen-bond acceptors (Lipinski definition) is 3. The van der Waals surface area contributed by atoms with Crippen LogP contribution < -0.4 is 5.73 Å². The zero-order valence-electron chi connectivity index (χ0n) is 14.3. The van der Waals surface area contributed by atoms with Crippen molar-refractivity contribution in [2.75, 3.05) is 6.54 Å². The van der Waals surface area contributed by atoms with Gasteiger partial charge < -0.3 is 15.2 Å². The van der Waals surface area contributed by atoms with Gasteiger partial charge in [-0.25, -0.2) is 0 Å². The molecule has 2 atom stereocenters. The first-order valence-corrected chi connectivity index (χ1v) is 9.39. The molecule has 3 nitrogen and oxygen atoms in total. The molecule has 2 aliphatic rings. The van der Waals surface area contributed by atoms with E-state index in [1.165, 1.54) is 11.1 Å². The second-order valence-corrected chi connectivity index (χ2v) is 7.05. The maximum atomic E-state index is 6.06. The van der Waals surface area contributed by atoms with Crippen molar-refractivity contribution in [3.05, 3.63) is 68.7 Å². The van der Waals surface area contributed by atoms with Gasteiger partial charge in [0.15, 0.2) is 0 Å². The molecular formula is C21H27Cl2NO2. The minimum atomic E-state index is 0. The van der Waals surface area contributed by atoms with Gasteiger partial charge in [0.25, 0.3) is 0 Å². The molecule has 0 aromatic heterocycles. The Hall–Kier alpha value is -1.10. The lowest BCUT2D eigenvalue weighted by atomic mass is 10.0. The Morgan fingerprint density at radius 3 is 1.92 bits per heavy atom. The molecule has 0 saturated carbocycles. The lowest BCUT2D eigenvalue weighted by molar-refractivity contribution is 0.0596. The molecule has 0 bridgehead atoms. The summed E-state index contributed by atoms with van der Waals surface area (Å²) in [7, 11) is 0. The molecule has 0 fully saturated rings. The van der Waals surface area contributed by atoms with Crippen molar-refractivity contribution in [3.8, 4) is 0 Å². The summed E-state index contributed by atoms with van der Waals surface area (Å²) in [6.45, 7) is 3.97. The van der Waals surface area contributed by atoms with E-state index < -0.39 is 0 Å². The van der Waals surface area contributed by atoms with E-state index in [-0.39, 0.29) is 19.6 Å². The molecule has 2 unspecified atom stereocenters. The van der Waals surface area contributed by atoms with E-state index in [0.717, 1.165) is 34.0 Å². The van der Waals surface area contributed by atoms with Gasteiger partial charge >= 0.3 is 0 Å². The summed E-state index contributed by atoms with van der Waals surface area (Å²) in [6, 6.07) is 11.9. The third kappa shape index (κ3) is 4.41. The van der Waals surface area contributed by atoms with Crippen LogP contribution in [0.3, 0.4) is 0 Å². The van der Waals surface area contributed by atoms with Gasteiger partial charge in [0.05, 0.1) is 25.4 Å². The lowest BCUT2D eigenvalue weighted by Gasteiger charge is -2.08. The third-order valence-corrected chi connectivity index (χ3v) is 5.33. The van der Waals surface area contributed by atoms with Gasteiger partial charge in [-0.05, 0) is 29.7 Å². The van der Waals surface area contributed by atoms with Crippen molar-refractivity contribution in [1.29, 1.82) is 0 Å². The topological polar surface area (TPSA) is 44.5 Å². The van der Waals surface area contributed by atoms with Gasteiger partial charge in [-0.15, -0.1) is 0 Å². The predicted octanol–water partition coefficient (Wildman–Crippen LogP) is 6.22. The fraction of sp³-hybridized carbons (Fsp3) is 0.429. The van der Waals surface area contributed by atoms with Crippen LogP contribution in [0.1, 0.15) is 61.7 Å². The Labute approximate surface area is 166 Å². The van der Waals surface area contributed by atoms with Crippen LogP contribution in [0.5, 0.6) is 0 Å². The largest absolute Gasteiger partial charge is 0.369 e. The summed E-state index contributed by atoms with van der Waals surface area (Å²) in [4.78, 5) is 0. The number of rotatable bonds is 3. The van der Waals surface area contributed by atoms with Crippen LogP contribution in [-0.4, -0.2) is 6.54 Å². The first-order chi connectivity index (χ1) is 12.2. The van der Waals surface area contributed by atoms with Crippen LogP contribution in [0.2, 0.25) is 10.0 Å². The van der Waals surface area contributed by atoms with Crippen LogP contribution in [-0.2, 0) is 22.7 Å². The molecule has 2 aromatic carbocycles. The van der Waals surface area contributed by atoms with Gasteiger partial charge in [-0.1, -0.05) is 68.2 Å². The highest BCUT2D eigenvalue weighted by Gasteiger charge is 2.24. The highest BCUT2D eigenvalue weighted by atomic mass is 35.5. The number of nitrogens with two attached hydrogens (primary N) is 1. The molecule has 2 N–H and O–H groups in total. The Morgan fingerprint density at radius 2 is 1.42 bits per heavy atom. The summed E-state index contributed by atoms with van der Waals surface area (Å²) < 4.78 is 11.1. The van der Waals surface area contributed by atoms with E-state index in [9.17, 15) is 0 Å². The molecule has 4 rings (SSSR count). The molecule has 142 valence electrons. The zero-order valence-corrected chi connectivity index (χ0v) is 15.8. The third-order valence-electron chi connectivity index (χ3n) is 4.63. The van der Waals surface area contributed by atoms with Crippen molar-refractivity contribution < 1.29 is 9.47 Å². The maximum Gasteiger partial charge on any atom is 0.0955 e. The molecule has 26 heavy (non-hydrogen) atoms. The summed E-state index contributed by atoms with van der Waals surface area (Å²) in [5.41, 5.74) is 10.2. The molecule has 0 radical (unpaired) electrons. The molecule has 0 aliphatic carbocycles. The lowest BCUT2D eigenvalue weighted by Crippen LogP contribution is -2.10. The van der Waals surface area contributed by atoms with Gasteiger partial charge in [0, 0.05) is 27.7 Å². The standard InChI is InChI=1S/C11H13ClO.C9H10ClNO.CH4/c1-2-4-11-8-5-3-6-10(12)9(8)7-13-11;10-8-3-1-2-6-7(8)5-12-9(6)4-11;/h3,5-6,11H,2,4,7H2,1H3;1-3,9H,4-5,11H2;1H4. The zero-order chi connectivity index (χ0) is 17.8. The Bertz CT molecular complexity index is 736. The van der Waals surface area contributed by atoms with Gasteiger partial charge in [0.1, 0.15) is 0 Å². The molecule has 2 heterocycles. The van der Waals surface area contributed by atoms with E-state index >= 15 is 0 Å². The molecule has 2 aliphatic heterocycles. The highest BCUT2D eigenvalue weighted by Crippen LogP contribution is 2.37. The Morgan fingerprint density at radius 1 is 0.923 bits per heavy atom. The summed E-state index contributed by atoms with van der Waals surface area (Å²) in [5.74, 6) is 0. The average Bonchev–Trinajstić information content (AvgIpc) is 3.22. The molecule has 5 heteroatoms. The Kier molecular flexibility index (Phi) is 7.93. The van der Waals surface area contributed by atoms with Crippen molar-refractivity contribution in [2.24, 2.45) is 5.73 Å². The minimum absolute atomic E-state index is 0. The summed E-state index contributed by atoms with van der Waals surface area (Å²) >= 11 is 12.0. The van der Waals surface area contributed by atoms with Gasteiger partial charge in [-0.2, -0.15) is 0 Å². The summed E-state index contributed by atoms with van der Waals surface area (Å²) in [6.07, 6.45) is 2.56. The minimum Gasteiger partial charge on any atom is -0.369 e. The van der Waals surface area contributed by atoms with Crippen molar-refractivity contribution >= 4 is 23.2 Å². The molecular weight excluding hydrogens is 369 g/mol. The SMILES string of the molecule is C.CCCC1OCc2c(Cl)cccc21.NCC1OCc2c(Cl)cccc21. The second kappa shape index (κ2) is 9.72. The van der Waals surface area contributed by atoms with E-state index in [2.05, 4.69) is 13.0 Å². The van der Waals surface area contributed by atoms with E-state index in [0.29, 0.717) is 19.8 Å². The average molecular weight is 396 g/mol. The maximum absolute atomic E-state index is 6.06. The van der Waals surface area contributed by atoms with E-state index in [4.69, 9.17) is 38.4 Å². The van der Waals surface area contributed by atoms with E-state index in [1.807, 2.05) is 30.3 Å². The van der Waals surface area contributed by atoms with Crippen molar-refractivity contribution in [2.45, 2.75) is 52.6 Å². The van der Waals surface area contributed by atoms with Crippen LogP contribution in [0.25, 0.3) is 0 Å². The van der Waals surface area contributed by atoms with Crippen LogP contribution in [0.4, 0.5) is 0 Å². The highest BCUT2D eigenvalue weighted by molar-refractivity contribution is 6.31.